The Hall–Kier alpha value is -3.63. The molecule has 47 heavy (non-hydrogen) atoms. The number of hydrogen-bond acceptors (Lipinski definition) is 3. The first-order valence-corrected chi connectivity index (χ1v) is 19.5. The van der Waals surface area contributed by atoms with Crippen molar-refractivity contribution < 1.29 is 30.0 Å². The number of hydrogen-bond donors (Lipinski definition) is 1. The van der Waals surface area contributed by atoms with Crippen LogP contribution in [0, 0.1) is 23.8 Å². The number of nitrogens with zero attached hydrogens (tertiary/aromatic N) is 1. The van der Waals surface area contributed by atoms with Crippen molar-refractivity contribution in [3.63, 3.8) is 0 Å². The first-order chi connectivity index (χ1) is 21.4. The third kappa shape index (κ3) is 9.93. The minimum absolute atomic E-state index is 0. The maximum Gasteiger partial charge on any atom is 0.164 e. The number of carbonyl (C=O) groups is 1. The summed E-state index contributed by atoms with van der Waals surface area (Å²) in [5, 5.41) is 12.2. The Morgan fingerprint density at radius 1 is 0.745 bits per heavy atom. The summed E-state index contributed by atoms with van der Waals surface area (Å²) in [5.74, 6) is 0.104. The van der Waals surface area contributed by atoms with Crippen LogP contribution in [0.5, 0.6) is 0 Å². The van der Waals surface area contributed by atoms with Crippen molar-refractivity contribution in [3.8, 4) is 33.5 Å². The van der Waals surface area contributed by atoms with E-state index in [1.165, 1.54) is 38.9 Å². The van der Waals surface area contributed by atoms with Crippen molar-refractivity contribution in [1.29, 1.82) is 0 Å². The molecule has 0 unspecified atom stereocenters. The van der Waals surface area contributed by atoms with E-state index in [1.54, 1.807) is 0 Å². The number of aryl methyl sites for hydroxylation is 1. The number of pyridine rings is 1. The van der Waals surface area contributed by atoms with Crippen LogP contribution in [-0.4, -0.2) is 23.9 Å². The summed E-state index contributed by atoms with van der Waals surface area (Å²) in [6.45, 7) is 20.4. The van der Waals surface area contributed by atoms with Crippen LogP contribution < -0.4 is 5.19 Å². The van der Waals surface area contributed by atoms with Gasteiger partial charge >= 0.3 is 0 Å². The van der Waals surface area contributed by atoms with Gasteiger partial charge in [0.05, 0.1) is 13.6 Å². The van der Waals surface area contributed by atoms with Crippen LogP contribution in [0.1, 0.15) is 47.1 Å². The fraction of sp³-hybridized carbons (Fsp3) is 0.286. The van der Waals surface area contributed by atoms with Gasteiger partial charge in [-0.3, -0.25) is 9.78 Å². The molecule has 0 aliphatic heterocycles. The zero-order chi connectivity index (χ0) is 33.9. The van der Waals surface area contributed by atoms with Crippen LogP contribution in [0.3, 0.4) is 0 Å². The molecular weight excluding hydrogens is 771 g/mol. The standard InChI is InChI=1S/C31H28NSi.C11H20O2.Ir/c1-22-17-25(23-11-7-5-8-12-23)19-26(18-22)30-16-15-28-29(24-13-9-6-10-14-24)20-27(33(2,3)4)21-31(28)32-30;1-10(2,3)8(12)7-9(13)11(4,5)6;/h5-17,19-21H,1-4H3;7,12H,1-6H3;/q-1;;/b;8-7-;. The predicted molar refractivity (Wildman–Crippen MR) is 199 cm³/mol. The Kier molecular flexibility index (Phi) is 12.1. The largest absolute Gasteiger partial charge is 0.512 e. The van der Waals surface area contributed by atoms with Crippen molar-refractivity contribution >= 4 is 29.9 Å². The molecule has 0 saturated carbocycles. The van der Waals surface area contributed by atoms with Gasteiger partial charge in [0.2, 0.25) is 0 Å². The Morgan fingerprint density at radius 3 is 1.85 bits per heavy atom. The molecular formula is C42H48IrNO2Si-. The maximum absolute atomic E-state index is 11.5. The van der Waals surface area contributed by atoms with Crippen molar-refractivity contribution in [2.24, 2.45) is 10.8 Å². The fourth-order valence-electron chi connectivity index (χ4n) is 4.88. The predicted octanol–water partition coefficient (Wildman–Crippen LogP) is 11.0. The molecule has 4 aromatic carbocycles. The summed E-state index contributed by atoms with van der Waals surface area (Å²) < 4.78 is 0. The second kappa shape index (κ2) is 15.1. The zero-order valence-electron chi connectivity index (χ0n) is 29.5. The second-order valence-electron chi connectivity index (χ2n) is 15.1. The minimum Gasteiger partial charge on any atom is -0.512 e. The van der Waals surface area contributed by atoms with E-state index >= 15 is 0 Å². The smallest absolute Gasteiger partial charge is 0.164 e. The minimum atomic E-state index is -1.52. The van der Waals surface area contributed by atoms with E-state index in [0.29, 0.717) is 0 Å². The van der Waals surface area contributed by atoms with Crippen LogP contribution in [0.25, 0.3) is 44.4 Å². The molecule has 0 bridgehead atoms. The molecule has 0 fully saturated rings. The number of aromatic nitrogens is 1. The molecule has 0 saturated heterocycles. The van der Waals surface area contributed by atoms with Crippen LogP contribution in [0.2, 0.25) is 19.6 Å². The maximum atomic E-state index is 11.5. The quantitative estimate of drug-likeness (QED) is 0.0832. The van der Waals surface area contributed by atoms with Gasteiger partial charge in [-0.05, 0) is 28.5 Å². The normalized spacial score (nSPS) is 12.2. The number of ketones is 1. The van der Waals surface area contributed by atoms with Crippen LogP contribution >= 0.6 is 0 Å². The molecule has 0 amide bonds. The monoisotopic (exact) mass is 819 g/mol. The van der Waals surface area contributed by atoms with Crippen LogP contribution in [0.4, 0.5) is 0 Å². The van der Waals surface area contributed by atoms with Gasteiger partial charge in [-0.25, -0.2) is 0 Å². The molecule has 0 spiro atoms. The SMILES string of the molecule is CC(C)(C)C(=O)/C=C(\O)C(C)(C)C.Cc1[c-]c(-c2ccc3c(-c4ccccc4)cc([Si](C)(C)C)cc3n2)cc(-c2ccccc2)c1.[Ir]. The molecule has 247 valence electrons. The summed E-state index contributed by atoms with van der Waals surface area (Å²) in [6.07, 6.45) is 1.33. The number of aliphatic hydroxyl groups is 1. The number of benzene rings is 4. The van der Waals surface area contributed by atoms with E-state index in [-0.39, 0.29) is 37.1 Å². The summed E-state index contributed by atoms with van der Waals surface area (Å²) in [5.41, 5.74) is 8.34. The average Bonchev–Trinajstić information content (AvgIpc) is 2.99. The van der Waals surface area contributed by atoms with Gasteiger partial charge in [-0.2, -0.15) is 0 Å². The Morgan fingerprint density at radius 2 is 1.32 bits per heavy atom. The topological polar surface area (TPSA) is 50.2 Å². The molecule has 5 aromatic rings. The Bertz CT molecular complexity index is 1860. The van der Waals surface area contributed by atoms with E-state index in [0.717, 1.165) is 22.3 Å². The second-order valence-corrected chi connectivity index (χ2v) is 20.2. The molecule has 1 N–H and O–H groups in total. The van der Waals surface area contributed by atoms with E-state index in [2.05, 4.69) is 130 Å². The van der Waals surface area contributed by atoms with Gasteiger partial charge in [0.15, 0.2) is 5.78 Å². The van der Waals surface area contributed by atoms with Gasteiger partial charge in [-0.1, -0.05) is 152 Å². The van der Waals surface area contributed by atoms with E-state index in [4.69, 9.17) is 4.98 Å². The van der Waals surface area contributed by atoms with Crippen molar-refractivity contribution in [3.05, 3.63) is 121 Å². The summed E-state index contributed by atoms with van der Waals surface area (Å²) in [4.78, 5) is 16.7. The molecule has 1 heterocycles. The van der Waals surface area contributed by atoms with E-state index in [9.17, 15) is 9.90 Å². The Labute approximate surface area is 296 Å². The van der Waals surface area contributed by atoms with Crippen LogP contribution in [0.15, 0.2) is 109 Å². The van der Waals surface area contributed by atoms with E-state index < -0.39 is 13.5 Å². The first-order valence-electron chi connectivity index (χ1n) is 16.0. The number of fused-ring (bicyclic) bond motifs is 1. The van der Waals surface area contributed by atoms with Gasteiger partial charge in [0.1, 0.15) is 5.76 Å². The molecule has 5 heteroatoms. The number of aliphatic hydroxyl groups excluding tert-OH is 1. The third-order valence-electron chi connectivity index (χ3n) is 7.92. The van der Waals surface area contributed by atoms with Gasteiger partial charge in [0, 0.05) is 42.4 Å². The van der Waals surface area contributed by atoms with Crippen molar-refractivity contribution in [2.45, 2.75) is 68.1 Å². The van der Waals surface area contributed by atoms with Gasteiger partial charge < -0.3 is 5.11 Å². The first kappa shape index (κ1) is 37.8. The summed E-state index contributed by atoms with van der Waals surface area (Å²) in [6, 6.07) is 38.2. The van der Waals surface area contributed by atoms with Crippen molar-refractivity contribution in [1.82, 2.24) is 4.98 Å². The van der Waals surface area contributed by atoms with Gasteiger partial charge in [0.25, 0.3) is 0 Å². The van der Waals surface area contributed by atoms with Crippen molar-refractivity contribution in [2.75, 3.05) is 0 Å². The molecule has 1 aromatic heterocycles. The molecule has 5 rings (SSSR count). The van der Waals surface area contributed by atoms with E-state index in [1.807, 2.05) is 41.5 Å². The van der Waals surface area contributed by atoms with Gasteiger partial charge in [-0.15, -0.1) is 34.9 Å². The fourth-order valence-corrected chi connectivity index (χ4v) is 6.03. The summed E-state index contributed by atoms with van der Waals surface area (Å²) in [7, 11) is -1.52. The number of allylic oxidation sites excluding steroid dienone is 2. The molecule has 3 nitrogen and oxygen atoms in total. The molecule has 0 atom stereocenters. The average molecular weight is 819 g/mol. The van der Waals surface area contributed by atoms with Crippen LogP contribution in [-0.2, 0) is 24.9 Å². The molecule has 0 aliphatic rings. The third-order valence-corrected chi connectivity index (χ3v) is 9.94. The molecule has 1 radical (unpaired) electrons. The Balaban J connectivity index is 0.000000367. The summed E-state index contributed by atoms with van der Waals surface area (Å²) >= 11 is 0. The number of rotatable bonds is 5. The number of carbonyl (C=O) groups excluding carboxylic acids is 1. The molecule has 0 aliphatic carbocycles. The zero-order valence-corrected chi connectivity index (χ0v) is 32.8.